The fourth-order valence-electron chi connectivity index (χ4n) is 4.07. The van der Waals surface area contributed by atoms with Gasteiger partial charge >= 0.3 is 0 Å². The Morgan fingerprint density at radius 3 is 2.74 bits per heavy atom. The van der Waals surface area contributed by atoms with Crippen molar-refractivity contribution in [2.24, 2.45) is 0 Å². The molecule has 5 rings (SSSR count). The van der Waals surface area contributed by atoms with E-state index < -0.39 is 5.41 Å². The fraction of sp³-hybridized carbons (Fsp3) is 0.150. The maximum absolute atomic E-state index is 13.1. The van der Waals surface area contributed by atoms with Crippen LogP contribution in [0.15, 0.2) is 48.7 Å². The van der Waals surface area contributed by atoms with Gasteiger partial charge in [0.05, 0.1) is 11.9 Å². The molecule has 2 N–H and O–H groups in total. The first-order valence-electron chi connectivity index (χ1n) is 8.56. The van der Waals surface area contributed by atoms with Crippen LogP contribution in [0.3, 0.4) is 0 Å². The van der Waals surface area contributed by atoms with Gasteiger partial charge < -0.3 is 10.6 Å². The molecule has 27 heavy (non-hydrogen) atoms. The molecule has 7 heteroatoms. The minimum Gasteiger partial charge on any atom is -0.324 e. The third-order valence-corrected chi connectivity index (χ3v) is 5.56. The Balaban J connectivity index is 1.78. The second-order valence-corrected chi connectivity index (χ2v) is 7.32. The van der Waals surface area contributed by atoms with E-state index in [4.69, 9.17) is 11.6 Å². The van der Waals surface area contributed by atoms with Gasteiger partial charge in [0.2, 0.25) is 11.8 Å². The van der Waals surface area contributed by atoms with Gasteiger partial charge in [0.15, 0.2) is 0 Å². The number of anilines is 2. The molecule has 0 radical (unpaired) electrons. The van der Waals surface area contributed by atoms with E-state index in [2.05, 4.69) is 15.7 Å². The van der Waals surface area contributed by atoms with Crippen LogP contribution in [0.2, 0.25) is 5.02 Å². The van der Waals surface area contributed by atoms with E-state index in [1.54, 1.807) is 23.0 Å². The van der Waals surface area contributed by atoms with E-state index in [-0.39, 0.29) is 18.2 Å². The lowest BCUT2D eigenvalue weighted by molar-refractivity contribution is -0.125. The Morgan fingerprint density at radius 1 is 1.11 bits per heavy atom. The Labute approximate surface area is 160 Å². The molecule has 2 aliphatic rings. The fourth-order valence-corrected chi connectivity index (χ4v) is 4.26. The number of rotatable bonds is 1. The Bertz CT molecular complexity index is 1140. The van der Waals surface area contributed by atoms with Gasteiger partial charge in [-0.05, 0) is 36.2 Å². The number of aryl methyl sites for hydroxylation is 1. The molecule has 3 heterocycles. The highest BCUT2D eigenvalue weighted by atomic mass is 35.5. The normalized spacial score (nSPS) is 20.2. The van der Waals surface area contributed by atoms with Crippen LogP contribution in [0.1, 0.15) is 23.1 Å². The Hall–Kier alpha value is -3.12. The maximum atomic E-state index is 13.1. The summed E-state index contributed by atoms with van der Waals surface area (Å²) in [6.07, 6.45) is 1.70. The van der Waals surface area contributed by atoms with Crippen LogP contribution < -0.4 is 10.6 Å². The quantitative estimate of drug-likeness (QED) is 0.681. The van der Waals surface area contributed by atoms with Crippen LogP contribution >= 0.6 is 11.6 Å². The van der Waals surface area contributed by atoms with Crippen LogP contribution in [0.5, 0.6) is 0 Å². The van der Waals surface area contributed by atoms with Crippen molar-refractivity contribution in [2.45, 2.75) is 18.8 Å². The zero-order valence-electron chi connectivity index (χ0n) is 14.4. The van der Waals surface area contributed by atoms with Gasteiger partial charge in [-0.1, -0.05) is 35.9 Å². The number of halogens is 1. The van der Waals surface area contributed by atoms with E-state index >= 15 is 0 Å². The molecular formula is C20H15ClN4O2. The number of aromatic nitrogens is 2. The first-order valence-corrected chi connectivity index (χ1v) is 8.94. The van der Waals surface area contributed by atoms with Crippen molar-refractivity contribution >= 4 is 34.9 Å². The van der Waals surface area contributed by atoms with Crippen LogP contribution in [-0.2, 0) is 15.0 Å². The first-order chi connectivity index (χ1) is 13.0. The van der Waals surface area contributed by atoms with Crippen molar-refractivity contribution < 1.29 is 9.59 Å². The Kier molecular flexibility index (Phi) is 3.24. The summed E-state index contributed by atoms with van der Waals surface area (Å²) in [5.41, 5.74) is 2.88. The van der Waals surface area contributed by atoms with Gasteiger partial charge in [0, 0.05) is 22.7 Å². The molecule has 0 saturated carbocycles. The van der Waals surface area contributed by atoms with Gasteiger partial charge in [-0.2, -0.15) is 5.10 Å². The molecule has 2 amide bonds. The van der Waals surface area contributed by atoms with Gasteiger partial charge in [-0.25, -0.2) is 4.68 Å². The van der Waals surface area contributed by atoms with Gasteiger partial charge in [0.1, 0.15) is 11.2 Å². The summed E-state index contributed by atoms with van der Waals surface area (Å²) in [5, 5.41) is 10.9. The minimum absolute atomic E-state index is 0.0452. The summed E-state index contributed by atoms with van der Waals surface area (Å²) in [5.74, 6) is 0.0716. The number of hydrogen-bond donors (Lipinski definition) is 2. The van der Waals surface area contributed by atoms with Gasteiger partial charge in [0.25, 0.3) is 0 Å². The smallest absolute Gasteiger partial charge is 0.240 e. The predicted octanol–water partition coefficient (Wildman–Crippen LogP) is 3.41. The van der Waals surface area contributed by atoms with Crippen molar-refractivity contribution in [3.05, 3.63) is 70.4 Å². The van der Waals surface area contributed by atoms with E-state index in [9.17, 15) is 9.59 Å². The average Bonchev–Trinajstić information content (AvgIpc) is 3.17. The van der Waals surface area contributed by atoms with Crippen molar-refractivity contribution in [2.75, 3.05) is 10.6 Å². The third-order valence-electron chi connectivity index (χ3n) is 5.32. The number of carbonyl (C=O) groups excluding carboxylic acids is 2. The second kappa shape index (κ2) is 5.44. The molecule has 0 fully saturated rings. The number of nitrogens with one attached hydrogen (secondary N) is 2. The summed E-state index contributed by atoms with van der Waals surface area (Å²) in [7, 11) is 0. The predicted molar refractivity (Wildman–Crippen MR) is 102 cm³/mol. The van der Waals surface area contributed by atoms with Gasteiger partial charge in [-0.15, -0.1) is 0 Å². The summed E-state index contributed by atoms with van der Waals surface area (Å²) in [4.78, 5) is 25.7. The number of benzene rings is 2. The molecule has 6 nitrogen and oxygen atoms in total. The summed E-state index contributed by atoms with van der Waals surface area (Å²) in [6.45, 7) is 1.94. The van der Waals surface area contributed by atoms with Crippen molar-refractivity contribution in [3.63, 3.8) is 0 Å². The highest BCUT2D eigenvalue weighted by Gasteiger charge is 2.54. The largest absolute Gasteiger partial charge is 0.324 e. The summed E-state index contributed by atoms with van der Waals surface area (Å²) >= 11 is 6.11. The van der Waals surface area contributed by atoms with Crippen molar-refractivity contribution in [3.8, 4) is 5.69 Å². The zero-order chi connectivity index (χ0) is 18.8. The van der Waals surface area contributed by atoms with E-state index in [1.807, 2.05) is 37.3 Å². The van der Waals surface area contributed by atoms with Crippen LogP contribution in [-0.4, -0.2) is 21.6 Å². The third kappa shape index (κ3) is 2.10. The molecule has 1 spiro atoms. The summed E-state index contributed by atoms with van der Waals surface area (Å²) in [6, 6.07) is 12.9. The standard InChI is InChI=1S/C20H15ClN4O2/c1-11-4-2-7-14-17(11)24-19(27)20(14)9-16(26)23-18-15(20)10-22-25(18)13-6-3-5-12(21)8-13/h2-8,10H,9H2,1H3,(H,23,26)(H,24,27). The molecule has 1 unspecified atom stereocenters. The summed E-state index contributed by atoms with van der Waals surface area (Å²) < 4.78 is 1.61. The monoisotopic (exact) mass is 378 g/mol. The average molecular weight is 379 g/mol. The molecule has 0 saturated heterocycles. The number of hydrogen-bond acceptors (Lipinski definition) is 3. The van der Waals surface area contributed by atoms with Crippen LogP contribution in [0, 0.1) is 6.92 Å². The molecule has 2 aliphatic heterocycles. The highest BCUT2D eigenvalue weighted by molar-refractivity contribution is 6.30. The molecule has 1 aromatic heterocycles. The zero-order valence-corrected chi connectivity index (χ0v) is 15.2. The number of fused-ring (bicyclic) bond motifs is 4. The number of carbonyl (C=O) groups is 2. The molecule has 2 aromatic carbocycles. The number of para-hydroxylation sites is 1. The van der Waals surface area contributed by atoms with Crippen molar-refractivity contribution in [1.82, 2.24) is 9.78 Å². The lowest BCUT2D eigenvalue weighted by Crippen LogP contribution is -2.43. The second-order valence-electron chi connectivity index (χ2n) is 6.88. The van der Waals surface area contributed by atoms with Gasteiger partial charge in [-0.3, -0.25) is 9.59 Å². The Morgan fingerprint density at radius 2 is 1.93 bits per heavy atom. The highest BCUT2D eigenvalue weighted by Crippen LogP contribution is 2.50. The van der Waals surface area contributed by atoms with Crippen LogP contribution in [0.4, 0.5) is 11.5 Å². The topological polar surface area (TPSA) is 76.0 Å². The van der Waals surface area contributed by atoms with Crippen molar-refractivity contribution in [1.29, 1.82) is 0 Å². The number of amides is 2. The lowest BCUT2D eigenvalue weighted by Gasteiger charge is -2.31. The SMILES string of the molecule is Cc1cccc2c1NC(=O)C21CC(=O)Nc2c1cnn2-c1cccc(Cl)c1. The molecular weight excluding hydrogens is 364 g/mol. The van der Waals surface area contributed by atoms with Crippen LogP contribution in [0.25, 0.3) is 5.69 Å². The number of nitrogens with zero attached hydrogens (tertiary/aromatic N) is 2. The maximum Gasteiger partial charge on any atom is 0.240 e. The van der Waals surface area contributed by atoms with E-state index in [0.29, 0.717) is 22.1 Å². The molecule has 134 valence electrons. The van der Waals surface area contributed by atoms with E-state index in [1.165, 1.54) is 0 Å². The minimum atomic E-state index is -1.07. The molecule has 3 aromatic rings. The first kappa shape index (κ1) is 16.1. The lowest BCUT2D eigenvalue weighted by atomic mass is 9.71. The molecule has 0 bridgehead atoms. The molecule has 1 atom stereocenters. The molecule has 0 aliphatic carbocycles. The van der Waals surface area contributed by atoms with E-state index in [0.717, 1.165) is 16.8 Å².